The third kappa shape index (κ3) is 6.81. The van der Waals surface area contributed by atoms with Gasteiger partial charge in [-0.1, -0.05) is 24.3 Å². The van der Waals surface area contributed by atoms with Gasteiger partial charge in [0.2, 0.25) is 0 Å². The lowest BCUT2D eigenvalue weighted by atomic mass is 10.1. The number of halogens is 2. The molecule has 0 unspecified atom stereocenters. The minimum atomic E-state index is -3.25. The fraction of sp³-hybridized carbons (Fsp3) is 0.364. The second-order valence-corrected chi connectivity index (χ2v) is 14.2. The molecule has 0 aromatic heterocycles. The minimum absolute atomic E-state index is 0.161. The maximum atomic E-state index is 12.2. The first kappa shape index (κ1) is 26.5. The molecule has 2 heterocycles. The number of hydrogen-bond donors (Lipinski definition) is 4. The van der Waals surface area contributed by atoms with Crippen molar-refractivity contribution in [1.29, 1.82) is 0 Å². The van der Waals surface area contributed by atoms with E-state index >= 15 is 0 Å². The molecule has 2 saturated heterocycles. The minimum Gasteiger partial charge on any atom is -0.333 e. The standard InChI is InChI=1S/C22H24Cl2N4O6S2/c23-17-9-35(31,32)11-19(17)27-21(29)25-15-5-1-13(2-6-15)14-3-7-16(8-4-14)26-22(30)28-20-12-36(33,34)10-18(20)24/h1-8,17-20H,9-12H2,(H2,25,27,29)(H2,26,28,30)/t17-,18-,19-,20+/m0/s1. The second-order valence-electron chi connectivity index (χ2n) is 8.75. The molecule has 0 aliphatic carbocycles. The van der Waals surface area contributed by atoms with E-state index in [2.05, 4.69) is 21.3 Å². The third-order valence-corrected chi connectivity index (χ3v) is 10.6. The van der Waals surface area contributed by atoms with Crippen molar-refractivity contribution >= 4 is 66.3 Å². The Bertz CT molecular complexity index is 1250. The summed E-state index contributed by atoms with van der Waals surface area (Å²) in [6, 6.07) is 11.7. The quantitative estimate of drug-likeness (QED) is 0.402. The maximum absolute atomic E-state index is 12.2. The summed E-state index contributed by atoms with van der Waals surface area (Å²) in [7, 11) is -6.50. The Hall–Kier alpha value is -2.54. The fourth-order valence-electron chi connectivity index (χ4n) is 4.04. The number of rotatable bonds is 5. The average molecular weight is 575 g/mol. The van der Waals surface area contributed by atoms with E-state index in [9.17, 15) is 26.4 Å². The molecule has 2 aliphatic heterocycles. The van der Waals surface area contributed by atoms with Gasteiger partial charge < -0.3 is 21.3 Å². The van der Waals surface area contributed by atoms with Gasteiger partial charge in [-0.05, 0) is 35.4 Å². The number of urea groups is 2. The van der Waals surface area contributed by atoms with Crippen LogP contribution in [0.4, 0.5) is 21.0 Å². The number of anilines is 2. The van der Waals surface area contributed by atoms with Crippen molar-refractivity contribution in [1.82, 2.24) is 10.6 Å². The highest BCUT2D eigenvalue weighted by atomic mass is 35.5. The molecule has 0 saturated carbocycles. The van der Waals surface area contributed by atoms with E-state index in [1.54, 1.807) is 48.5 Å². The summed E-state index contributed by atoms with van der Waals surface area (Å²) in [6.45, 7) is 0. The Labute approximate surface area is 219 Å². The average Bonchev–Trinajstić information content (AvgIpc) is 3.19. The van der Waals surface area contributed by atoms with Gasteiger partial charge in [0.25, 0.3) is 0 Å². The molecule has 36 heavy (non-hydrogen) atoms. The summed E-state index contributed by atoms with van der Waals surface area (Å²) in [5.41, 5.74) is 2.76. The van der Waals surface area contributed by atoms with Gasteiger partial charge in [0, 0.05) is 11.4 Å². The van der Waals surface area contributed by atoms with Crippen LogP contribution in [-0.2, 0) is 19.7 Å². The molecule has 194 valence electrons. The van der Waals surface area contributed by atoms with E-state index in [1.807, 2.05) is 0 Å². The molecule has 4 N–H and O–H groups in total. The summed E-state index contributed by atoms with van der Waals surface area (Å²) in [5, 5.41) is 9.17. The number of amides is 4. The number of benzene rings is 2. The normalized spacial score (nSPS) is 26.2. The number of nitrogens with one attached hydrogen (secondary N) is 4. The van der Waals surface area contributed by atoms with Gasteiger partial charge in [-0.2, -0.15) is 0 Å². The molecule has 2 fully saturated rings. The first-order valence-corrected chi connectivity index (χ1v) is 15.5. The van der Waals surface area contributed by atoms with Crippen LogP contribution in [0.1, 0.15) is 0 Å². The monoisotopic (exact) mass is 574 g/mol. The van der Waals surface area contributed by atoms with E-state index in [0.29, 0.717) is 11.4 Å². The van der Waals surface area contributed by atoms with Gasteiger partial charge >= 0.3 is 12.1 Å². The van der Waals surface area contributed by atoms with Gasteiger partial charge in [-0.3, -0.25) is 0 Å². The number of sulfone groups is 2. The number of carbonyl (C=O) groups is 2. The van der Waals surface area contributed by atoms with Crippen LogP contribution in [0.2, 0.25) is 0 Å². The maximum Gasteiger partial charge on any atom is 0.319 e. The summed E-state index contributed by atoms with van der Waals surface area (Å²) in [6.07, 6.45) is 0. The van der Waals surface area contributed by atoms with Crippen LogP contribution in [0.25, 0.3) is 11.1 Å². The van der Waals surface area contributed by atoms with Crippen LogP contribution < -0.4 is 21.3 Å². The first-order chi connectivity index (χ1) is 16.9. The highest BCUT2D eigenvalue weighted by Crippen LogP contribution is 2.24. The first-order valence-electron chi connectivity index (χ1n) is 10.9. The molecule has 0 radical (unpaired) electrons. The summed E-state index contributed by atoms with van der Waals surface area (Å²) >= 11 is 12.0. The van der Waals surface area contributed by atoms with Crippen molar-refractivity contribution in [2.75, 3.05) is 33.6 Å². The molecule has 2 aromatic carbocycles. The second kappa shape index (κ2) is 10.4. The molecule has 0 spiro atoms. The summed E-state index contributed by atoms with van der Waals surface area (Å²) in [4.78, 5) is 24.4. The van der Waals surface area contributed by atoms with Crippen LogP contribution in [0.3, 0.4) is 0 Å². The topological polar surface area (TPSA) is 151 Å². The third-order valence-electron chi connectivity index (χ3n) is 5.82. The Kier molecular flexibility index (Phi) is 7.69. The Morgan fingerprint density at radius 1 is 0.611 bits per heavy atom. The smallest absolute Gasteiger partial charge is 0.319 e. The van der Waals surface area contributed by atoms with Crippen LogP contribution in [0, 0.1) is 0 Å². The van der Waals surface area contributed by atoms with Gasteiger partial charge in [-0.25, -0.2) is 26.4 Å². The van der Waals surface area contributed by atoms with Crippen LogP contribution in [0.15, 0.2) is 48.5 Å². The van der Waals surface area contributed by atoms with Crippen LogP contribution in [0.5, 0.6) is 0 Å². The zero-order valence-electron chi connectivity index (χ0n) is 18.8. The Balaban J connectivity index is 1.29. The SMILES string of the molecule is O=C(Nc1ccc(-c2ccc(NC(=O)N[C@@H]3CS(=O)(=O)C[C@@H]3Cl)cc2)cc1)N[C@H]1CS(=O)(=O)C[C@@H]1Cl. The van der Waals surface area contributed by atoms with Crippen LogP contribution in [-0.4, -0.2) is 74.7 Å². The molecular formula is C22H24Cl2N4O6S2. The number of hydrogen-bond acceptors (Lipinski definition) is 6. The van der Waals surface area contributed by atoms with Crippen molar-refractivity contribution in [3.8, 4) is 11.1 Å². The van der Waals surface area contributed by atoms with Gasteiger partial charge in [0.05, 0.1) is 45.8 Å². The highest BCUT2D eigenvalue weighted by Gasteiger charge is 2.38. The summed E-state index contributed by atoms with van der Waals surface area (Å²) in [5.74, 6) is -0.691. The van der Waals surface area contributed by atoms with Crippen molar-refractivity contribution in [2.45, 2.75) is 22.8 Å². The van der Waals surface area contributed by atoms with Gasteiger partial charge in [0.15, 0.2) is 19.7 Å². The lowest BCUT2D eigenvalue weighted by Gasteiger charge is -2.15. The predicted octanol–water partition coefficient (Wildman–Crippen LogP) is 2.41. The largest absolute Gasteiger partial charge is 0.333 e. The van der Waals surface area contributed by atoms with Gasteiger partial charge in [-0.15, -0.1) is 23.2 Å². The molecule has 4 rings (SSSR count). The molecule has 2 aliphatic rings. The number of carbonyl (C=O) groups excluding carboxylic acids is 2. The van der Waals surface area contributed by atoms with Crippen LogP contribution >= 0.6 is 23.2 Å². The van der Waals surface area contributed by atoms with Crippen molar-refractivity contribution in [3.63, 3.8) is 0 Å². The van der Waals surface area contributed by atoms with Crippen molar-refractivity contribution in [3.05, 3.63) is 48.5 Å². The molecule has 14 heteroatoms. The number of alkyl halides is 2. The van der Waals surface area contributed by atoms with Gasteiger partial charge in [0.1, 0.15) is 0 Å². The lowest BCUT2D eigenvalue weighted by molar-refractivity contribution is 0.248. The molecule has 4 atom stereocenters. The van der Waals surface area contributed by atoms with E-state index in [0.717, 1.165) is 11.1 Å². The molecule has 10 nitrogen and oxygen atoms in total. The molecule has 2 aromatic rings. The van der Waals surface area contributed by atoms with E-state index < -0.39 is 54.6 Å². The van der Waals surface area contributed by atoms with E-state index in [1.165, 1.54) is 0 Å². The highest BCUT2D eigenvalue weighted by molar-refractivity contribution is 7.92. The molecular weight excluding hydrogens is 551 g/mol. The molecule has 0 bridgehead atoms. The Morgan fingerprint density at radius 2 is 0.944 bits per heavy atom. The van der Waals surface area contributed by atoms with E-state index in [4.69, 9.17) is 23.2 Å². The molecule has 4 amide bonds. The fourth-order valence-corrected chi connectivity index (χ4v) is 9.14. The predicted molar refractivity (Wildman–Crippen MR) is 140 cm³/mol. The van der Waals surface area contributed by atoms with E-state index in [-0.39, 0.29) is 23.0 Å². The lowest BCUT2D eigenvalue weighted by Crippen LogP contribution is -2.42. The summed E-state index contributed by atoms with van der Waals surface area (Å²) < 4.78 is 46.5. The zero-order chi connectivity index (χ0) is 26.1. The van der Waals surface area contributed by atoms with Crippen molar-refractivity contribution < 1.29 is 26.4 Å². The Morgan fingerprint density at radius 3 is 1.22 bits per heavy atom. The van der Waals surface area contributed by atoms with Crippen molar-refractivity contribution in [2.24, 2.45) is 0 Å². The zero-order valence-corrected chi connectivity index (χ0v) is 21.9.